The molecule has 0 radical (unpaired) electrons. The van der Waals surface area contributed by atoms with Crippen LogP contribution in [-0.4, -0.2) is 102 Å². The molecule has 0 unspecified atom stereocenters. The standard InChI is InChI=1S/C22H21FN6.3C2HF3O2/c23-19-3-1-2-17(14-19)16-27-10-12-28(13-11-27)21-22-26-15-20(29(22)9-8-25-21)18-4-6-24-7-5-18;3*3-2(4,5)1(6)7/h1-9,14-15H,10-13,16H2;3*(H,6,7). The number of anilines is 1. The van der Waals surface area contributed by atoms with E-state index in [1.807, 2.05) is 36.8 Å². The van der Waals surface area contributed by atoms with Crippen LogP contribution in [-0.2, 0) is 20.9 Å². The average Bonchev–Trinajstić information content (AvgIpc) is 3.46. The number of aromatic nitrogens is 4. The zero-order chi connectivity index (χ0) is 37.9. The Morgan fingerprint density at radius 3 is 1.68 bits per heavy atom. The van der Waals surface area contributed by atoms with Gasteiger partial charge in [-0.3, -0.25) is 14.3 Å². The molecule has 4 aromatic rings. The number of aliphatic carboxylic acids is 3. The van der Waals surface area contributed by atoms with Gasteiger partial charge in [0.1, 0.15) is 5.82 Å². The second kappa shape index (κ2) is 17.2. The molecular weight excluding hydrogens is 706 g/mol. The normalized spacial score (nSPS) is 13.5. The second-order valence-corrected chi connectivity index (χ2v) is 9.63. The summed E-state index contributed by atoms with van der Waals surface area (Å²) >= 11 is 0. The lowest BCUT2D eigenvalue weighted by atomic mass is 10.2. The van der Waals surface area contributed by atoms with Crippen molar-refractivity contribution >= 4 is 29.4 Å². The molecular formula is C28H24F10N6O6. The zero-order valence-electron chi connectivity index (χ0n) is 24.9. The Morgan fingerprint density at radius 1 is 0.720 bits per heavy atom. The number of imidazole rings is 1. The Hall–Kier alpha value is -5.54. The summed E-state index contributed by atoms with van der Waals surface area (Å²) in [6.45, 7) is 4.28. The van der Waals surface area contributed by atoms with Crippen LogP contribution in [0.5, 0.6) is 0 Å². The van der Waals surface area contributed by atoms with Gasteiger partial charge in [-0.25, -0.2) is 28.7 Å². The van der Waals surface area contributed by atoms with Gasteiger partial charge in [-0.2, -0.15) is 39.5 Å². The number of alkyl halides is 9. The Bertz CT molecular complexity index is 1670. The molecule has 1 aliphatic heterocycles. The number of benzene rings is 1. The van der Waals surface area contributed by atoms with Crippen molar-refractivity contribution in [1.82, 2.24) is 24.3 Å². The van der Waals surface area contributed by atoms with E-state index >= 15 is 0 Å². The number of fused-ring (bicyclic) bond motifs is 1. The highest BCUT2D eigenvalue weighted by Gasteiger charge is 2.39. The zero-order valence-corrected chi connectivity index (χ0v) is 24.9. The molecule has 272 valence electrons. The third kappa shape index (κ3) is 12.8. The fraction of sp³-hybridized carbons (Fsp3) is 0.286. The van der Waals surface area contributed by atoms with Crippen LogP contribution in [0.4, 0.5) is 49.7 Å². The largest absolute Gasteiger partial charge is 0.490 e. The number of carboxylic acids is 3. The first-order valence-corrected chi connectivity index (χ1v) is 13.5. The minimum Gasteiger partial charge on any atom is -0.475 e. The Morgan fingerprint density at radius 2 is 1.22 bits per heavy atom. The van der Waals surface area contributed by atoms with Crippen LogP contribution in [0.15, 0.2) is 67.4 Å². The molecule has 1 saturated heterocycles. The van der Waals surface area contributed by atoms with Gasteiger partial charge >= 0.3 is 36.4 Å². The molecule has 5 rings (SSSR count). The monoisotopic (exact) mass is 730 g/mol. The van der Waals surface area contributed by atoms with Gasteiger partial charge in [0.2, 0.25) is 0 Å². The number of hydrogen-bond donors (Lipinski definition) is 3. The van der Waals surface area contributed by atoms with E-state index in [1.54, 1.807) is 24.5 Å². The maximum Gasteiger partial charge on any atom is 0.490 e. The van der Waals surface area contributed by atoms with Gasteiger partial charge in [-0.1, -0.05) is 12.1 Å². The van der Waals surface area contributed by atoms with E-state index in [0.29, 0.717) is 0 Å². The number of nitrogens with zero attached hydrogens (tertiary/aromatic N) is 6. The van der Waals surface area contributed by atoms with Crippen LogP contribution in [0.25, 0.3) is 16.9 Å². The van der Waals surface area contributed by atoms with E-state index < -0.39 is 36.4 Å². The summed E-state index contributed by atoms with van der Waals surface area (Å²) < 4.78 is 111. The maximum atomic E-state index is 13.4. The molecule has 3 aromatic heterocycles. The summed E-state index contributed by atoms with van der Waals surface area (Å²) in [6, 6.07) is 10.8. The van der Waals surface area contributed by atoms with Gasteiger partial charge in [0.05, 0.1) is 11.9 Å². The maximum absolute atomic E-state index is 13.4. The second-order valence-electron chi connectivity index (χ2n) is 9.63. The van der Waals surface area contributed by atoms with Crippen molar-refractivity contribution < 1.29 is 73.6 Å². The van der Waals surface area contributed by atoms with Crippen LogP contribution in [0.1, 0.15) is 5.56 Å². The summed E-state index contributed by atoms with van der Waals surface area (Å²) in [5.74, 6) is -7.55. The third-order valence-electron chi connectivity index (χ3n) is 6.08. The predicted molar refractivity (Wildman–Crippen MR) is 151 cm³/mol. The molecule has 0 bridgehead atoms. The first kappa shape index (κ1) is 40.6. The molecule has 1 aliphatic rings. The highest BCUT2D eigenvalue weighted by Crippen LogP contribution is 2.26. The lowest BCUT2D eigenvalue weighted by molar-refractivity contribution is -0.193. The fourth-order valence-electron chi connectivity index (χ4n) is 3.88. The van der Waals surface area contributed by atoms with Crippen molar-refractivity contribution in [3.63, 3.8) is 0 Å². The van der Waals surface area contributed by atoms with Gasteiger partial charge in [-0.15, -0.1) is 0 Å². The molecule has 1 fully saturated rings. The molecule has 22 heteroatoms. The molecule has 12 nitrogen and oxygen atoms in total. The van der Waals surface area contributed by atoms with Crippen LogP contribution >= 0.6 is 0 Å². The SMILES string of the molecule is Fc1cccc(CN2CCN(c3nccn4c(-c5ccncc5)cnc34)CC2)c1.O=C(O)C(F)(F)F.O=C(O)C(F)(F)F.O=C(O)C(F)(F)F. The summed E-state index contributed by atoms with van der Waals surface area (Å²) in [5.41, 5.74) is 3.96. The summed E-state index contributed by atoms with van der Waals surface area (Å²) in [5, 5.41) is 21.4. The van der Waals surface area contributed by atoms with Crippen molar-refractivity contribution in [3.8, 4) is 11.3 Å². The molecule has 0 atom stereocenters. The number of pyridine rings is 1. The first-order valence-electron chi connectivity index (χ1n) is 13.5. The average molecular weight is 731 g/mol. The molecule has 0 spiro atoms. The van der Waals surface area contributed by atoms with Crippen LogP contribution in [0.3, 0.4) is 0 Å². The number of rotatable bonds is 4. The smallest absolute Gasteiger partial charge is 0.475 e. The van der Waals surface area contributed by atoms with E-state index in [-0.39, 0.29) is 5.82 Å². The molecule has 0 amide bonds. The molecule has 0 aliphatic carbocycles. The molecule has 1 aromatic carbocycles. The summed E-state index contributed by atoms with van der Waals surface area (Å²) in [7, 11) is 0. The molecule has 50 heavy (non-hydrogen) atoms. The number of carbonyl (C=O) groups is 3. The van der Waals surface area contributed by atoms with Crippen molar-refractivity contribution in [2.75, 3.05) is 31.1 Å². The highest BCUT2D eigenvalue weighted by molar-refractivity contribution is 5.74. The van der Waals surface area contributed by atoms with Gasteiger partial charge in [0, 0.05) is 63.1 Å². The van der Waals surface area contributed by atoms with Crippen molar-refractivity contribution in [2.45, 2.75) is 25.1 Å². The van der Waals surface area contributed by atoms with Crippen LogP contribution in [0, 0.1) is 5.82 Å². The van der Waals surface area contributed by atoms with Crippen LogP contribution < -0.4 is 4.90 Å². The minimum atomic E-state index is -5.08. The van der Waals surface area contributed by atoms with Gasteiger partial charge in [-0.05, 0) is 29.8 Å². The Kier molecular flexibility index (Phi) is 14.0. The highest BCUT2D eigenvalue weighted by atomic mass is 19.4. The van der Waals surface area contributed by atoms with Crippen LogP contribution in [0.2, 0.25) is 0 Å². The van der Waals surface area contributed by atoms with Gasteiger partial charge in [0.25, 0.3) is 0 Å². The number of hydrogen-bond acceptors (Lipinski definition) is 8. The Labute approximate surface area is 273 Å². The van der Waals surface area contributed by atoms with Gasteiger partial charge in [0.15, 0.2) is 11.5 Å². The number of carboxylic acid groups (broad SMARTS) is 3. The summed E-state index contributed by atoms with van der Waals surface area (Å²) in [6.07, 6.45) is -6.02. The lowest BCUT2D eigenvalue weighted by Gasteiger charge is -2.35. The molecule has 0 saturated carbocycles. The minimum absolute atomic E-state index is 0.179. The van der Waals surface area contributed by atoms with E-state index in [9.17, 15) is 43.9 Å². The van der Waals surface area contributed by atoms with Crippen molar-refractivity contribution in [3.05, 3.63) is 78.8 Å². The van der Waals surface area contributed by atoms with E-state index in [0.717, 1.165) is 61.0 Å². The predicted octanol–water partition coefficient (Wildman–Crippen LogP) is 5.15. The first-order chi connectivity index (χ1) is 23.1. The van der Waals surface area contributed by atoms with E-state index in [1.165, 1.54) is 6.07 Å². The van der Waals surface area contributed by atoms with Gasteiger partial charge < -0.3 is 20.2 Å². The number of halogens is 10. The molecule has 4 heterocycles. The molecule has 3 N–H and O–H groups in total. The summed E-state index contributed by atoms with van der Waals surface area (Å²) in [4.78, 5) is 44.7. The van der Waals surface area contributed by atoms with E-state index in [4.69, 9.17) is 29.7 Å². The van der Waals surface area contributed by atoms with Crippen molar-refractivity contribution in [1.29, 1.82) is 0 Å². The van der Waals surface area contributed by atoms with Crippen molar-refractivity contribution in [2.24, 2.45) is 0 Å². The topological polar surface area (TPSA) is 161 Å². The third-order valence-corrected chi connectivity index (χ3v) is 6.08. The lowest BCUT2D eigenvalue weighted by Crippen LogP contribution is -2.46. The fourth-order valence-corrected chi connectivity index (χ4v) is 3.88. The van der Waals surface area contributed by atoms with E-state index in [2.05, 4.69) is 29.2 Å². The Balaban J connectivity index is 0.000000338. The quantitative estimate of drug-likeness (QED) is 0.238. The number of piperazine rings is 1.